The molecule has 0 aliphatic carbocycles. The molecule has 0 aliphatic rings. The number of ether oxygens (including phenoxy) is 2. The molecule has 1 amide bonds. The Hall–Kier alpha value is -3.69. The number of nitrogens with one attached hydrogen (secondary N) is 1. The summed E-state index contributed by atoms with van der Waals surface area (Å²) in [6.07, 6.45) is -5.22. The lowest BCUT2D eigenvalue weighted by Gasteiger charge is -2.12. The molecule has 4 aromatic rings. The first-order valence-electron chi connectivity index (χ1n) is 10.4. The number of aromatic nitrogens is 2. The number of para-hydroxylation sites is 1. The van der Waals surface area contributed by atoms with Gasteiger partial charge in [-0.2, -0.15) is 18.3 Å². The molecule has 0 aliphatic heterocycles. The minimum atomic E-state index is -4.66. The number of hydrogen-bond acceptors (Lipinski definition) is 4. The molecule has 36 heavy (non-hydrogen) atoms. The number of hydrogen-bond donors (Lipinski definition) is 1. The maximum absolute atomic E-state index is 13.4. The van der Waals surface area contributed by atoms with Gasteiger partial charge in [0, 0.05) is 5.69 Å². The van der Waals surface area contributed by atoms with Crippen LogP contribution in [0.1, 0.15) is 11.4 Å². The van der Waals surface area contributed by atoms with Gasteiger partial charge in [-0.05, 0) is 53.6 Å². The normalized spacial score (nSPS) is 11.3. The number of carbonyl (C=O) groups excluding carboxylic acids is 1. The average Bonchev–Trinajstić information content (AvgIpc) is 3.28. The van der Waals surface area contributed by atoms with E-state index in [0.717, 1.165) is 21.9 Å². The van der Waals surface area contributed by atoms with E-state index < -0.39 is 18.0 Å². The monoisotopic (exact) mass is 535 g/mol. The first kappa shape index (κ1) is 25.4. The molecule has 6 nitrogen and oxygen atoms in total. The van der Waals surface area contributed by atoms with Crippen LogP contribution < -0.4 is 10.1 Å². The maximum atomic E-state index is 13.4. The molecule has 0 atom stereocenters. The summed E-state index contributed by atoms with van der Waals surface area (Å²) in [4.78, 5) is 11.3. The molecule has 186 valence electrons. The number of amides is 1. The summed E-state index contributed by atoms with van der Waals surface area (Å²) in [5, 5.41) is 6.55. The second-order valence-corrected chi connectivity index (χ2v) is 8.32. The Morgan fingerprint density at radius 3 is 2.11 bits per heavy atom. The average molecular weight is 536 g/mol. The van der Waals surface area contributed by atoms with Crippen LogP contribution in [0.3, 0.4) is 0 Å². The van der Waals surface area contributed by atoms with Crippen LogP contribution in [0.5, 0.6) is 5.75 Å². The zero-order valence-corrected chi connectivity index (χ0v) is 20.2. The van der Waals surface area contributed by atoms with E-state index in [-0.39, 0.29) is 28.0 Å². The van der Waals surface area contributed by atoms with E-state index >= 15 is 0 Å². The number of alkyl halides is 3. The summed E-state index contributed by atoms with van der Waals surface area (Å²) < 4.78 is 51.4. The minimum absolute atomic E-state index is 0.120. The predicted molar refractivity (Wildman–Crippen MR) is 131 cm³/mol. The lowest BCUT2D eigenvalue weighted by Crippen LogP contribution is -2.10. The van der Waals surface area contributed by atoms with Gasteiger partial charge in [-0.1, -0.05) is 53.5 Å². The van der Waals surface area contributed by atoms with E-state index in [4.69, 9.17) is 27.9 Å². The van der Waals surface area contributed by atoms with Crippen LogP contribution >= 0.6 is 23.2 Å². The summed E-state index contributed by atoms with van der Waals surface area (Å²) in [5.41, 5.74) is 1.51. The van der Waals surface area contributed by atoms with E-state index in [1.165, 1.54) is 19.2 Å². The Morgan fingerprint density at radius 1 is 0.972 bits per heavy atom. The van der Waals surface area contributed by atoms with Crippen molar-refractivity contribution in [2.24, 2.45) is 0 Å². The van der Waals surface area contributed by atoms with Crippen LogP contribution in [0.15, 0.2) is 72.8 Å². The van der Waals surface area contributed by atoms with Crippen LogP contribution in [0.25, 0.3) is 16.8 Å². The van der Waals surface area contributed by atoms with Gasteiger partial charge in [-0.3, -0.25) is 5.32 Å². The summed E-state index contributed by atoms with van der Waals surface area (Å²) >= 11 is 12.4. The molecular formula is C25H18Cl2F3N3O3. The quantitative estimate of drug-likeness (QED) is 0.275. The molecule has 1 aromatic heterocycles. The predicted octanol–water partition coefficient (Wildman–Crippen LogP) is 7.62. The van der Waals surface area contributed by atoms with E-state index in [9.17, 15) is 18.0 Å². The van der Waals surface area contributed by atoms with Crippen LogP contribution in [0.2, 0.25) is 10.0 Å². The lowest BCUT2D eigenvalue weighted by molar-refractivity contribution is -0.141. The van der Waals surface area contributed by atoms with E-state index in [1.807, 2.05) is 12.1 Å². The highest BCUT2D eigenvalue weighted by Crippen LogP contribution is 2.34. The van der Waals surface area contributed by atoms with Gasteiger partial charge >= 0.3 is 12.3 Å². The summed E-state index contributed by atoms with van der Waals surface area (Å²) in [6, 6.07) is 19.6. The largest absolute Gasteiger partial charge is 0.487 e. The Balaban J connectivity index is 1.52. The number of halogens is 5. The number of carbonyl (C=O) groups is 1. The molecule has 0 unspecified atom stereocenters. The Labute approximate surface area is 214 Å². The second kappa shape index (κ2) is 10.5. The Bertz CT molecular complexity index is 1350. The van der Waals surface area contributed by atoms with Crippen LogP contribution in [-0.4, -0.2) is 23.0 Å². The molecule has 0 radical (unpaired) electrons. The molecule has 0 fully saturated rings. The number of rotatable bonds is 6. The molecule has 4 rings (SSSR count). The van der Waals surface area contributed by atoms with Gasteiger partial charge in [0.1, 0.15) is 18.0 Å². The SMILES string of the molecule is COC(=O)Nc1ccc(-c2ccc(OCc3cc(C(F)(F)F)nn3-c3c(Cl)cccc3Cl)cc2)cc1. The van der Waals surface area contributed by atoms with Gasteiger partial charge in [0.15, 0.2) is 5.69 Å². The van der Waals surface area contributed by atoms with Crippen molar-refractivity contribution in [3.8, 4) is 22.6 Å². The second-order valence-electron chi connectivity index (χ2n) is 7.51. The van der Waals surface area contributed by atoms with Crippen LogP contribution in [-0.2, 0) is 17.5 Å². The molecule has 0 saturated heterocycles. The highest BCUT2D eigenvalue weighted by Gasteiger charge is 2.35. The fourth-order valence-electron chi connectivity index (χ4n) is 3.36. The zero-order valence-electron chi connectivity index (χ0n) is 18.6. The number of anilines is 1. The molecule has 1 N–H and O–H groups in total. The highest BCUT2D eigenvalue weighted by atomic mass is 35.5. The molecule has 0 spiro atoms. The third-order valence-electron chi connectivity index (χ3n) is 5.11. The van der Waals surface area contributed by atoms with Crippen molar-refractivity contribution in [2.45, 2.75) is 12.8 Å². The van der Waals surface area contributed by atoms with Crippen LogP contribution in [0, 0.1) is 0 Å². The molecule has 0 saturated carbocycles. The highest BCUT2D eigenvalue weighted by molar-refractivity contribution is 6.37. The first-order chi connectivity index (χ1) is 17.2. The lowest BCUT2D eigenvalue weighted by atomic mass is 10.1. The smallest absolute Gasteiger partial charge is 0.435 e. The molecule has 0 bridgehead atoms. The van der Waals surface area contributed by atoms with Crippen molar-refractivity contribution in [1.29, 1.82) is 0 Å². The van der Waals surface area contributed by atoms with Gasteiger partial charge in [0.2, 0.25) is 0 Å². The van der Waals surface area contributed by atoms with Crippen molar-refractivity contribution in [2.75, 3.05) is 12.4 Å². The number of nitrogens with zero attached hydrogens (tertiary/aromatic N) is 2. The van der Waals surface area contributed by atoms with E-state index in [2.05, 4.69) is 15.2 Å². The molecular weight excluding hydrogens is 518 g/mol. The summed E-state index contributed by atoms with van der Waals surface area (Å²) in [5.74, 6) is 0.439. The fourth-order valence-corrected chi connectivity index (χ4v) is 3.92. The van der Waals surface area contributed by atoms with Gasteiger partial charge < -0.3 is 9.47 Å². The molecule has 1 heterocycles. The van der Waals surface area contributed by atoms with Crippen molar-refractivity contribution < 1.29 is 27.4 Å². The molecule has 3 aromatic carbocycles. The Kier molecular flexibility index (Phi) is 7.42. The van der Waals surface area contributed by atoms with Gasteiger partial charge in [-0.15, -0.1) is 0 Å². The number of benzene rings is 3. The van der Waals surface area contributed by atoms with E-state index in [0.29, 0.717) is 11.4 Å². The minimum Gasteiger partial charge on any atom is -0.487 e. The van der Waals surface area contributed by atoms with Gasteiger partial charge in [0.05, 0.1) is 22.8 Å². The van der Waals surface area contributed by atoms with E-state index in [1.54, 1.807) is 42.5 Å². The summed E-state index contributed by atoms with van der Waals surface area (Å²) in [7, 11) is 1.28. The first-order valence-corrected chi connectivity index (χ1v) is 11.2. The third kappa shape index (κ3) is 5.75. The standard InChI is InChI=1S/C25H18Cl2F3N3O3/c1-35-24(34)31-17-9-5-15(6-10-17)16-7-11-19(12-8-16)36-14-18-13-22(25(28,29)30)32-33(18)23-20(26)3-2-4-21(23)27/h2-13H,14H2,1H3,(H,31,34). The zero-order chi connectivity index (χ0) is 25.9. The number of methoxy groups -OCH3 is 1. The van der Waals surface area contributed by atoms with Crippen molar-refractivity contribution in [3.63, 3.8) is 0 Å². The Morgan fingerprint density at radius 2 is 1.56 bits per heavy atom. The molecule has 11 heteroatoms. The maximum Gasteiger partial charge on any atom is 0.435 e. The summed E-state index contributed by atoms with van der Waals surface area (Å²) in [6.45, 7) is -0.210. The van der Waals surface area contributed by atoms with Crippen LogP contribution in [0.4, 0.5) is 23.7 Å². The van der Waals surface area contributed by atoms with Crippen molar-refractivity contribution >= 4 is 35.0 Å². The third-order valence-corrected chi connectivity index (χ3v) is 5.72. The van der Waals surface area contributed by atoms with Crippen molar-refractivity contribution in [1.82, 2.24) is 9.78 Å². The van der Waals surface area contributed by atoms with Gasteiger partial charge in [0.25, 0.3) is 0 Å². The van der Waals surface area contributed by atoms with Crippen molar-refractivity contribution in [3.05, 3.63) is 94.2 Å². The topological polar surface area (TPSA) is 65.4 Å². The van der Waals surface area contributed by atoms with Gasteiger partial charge in [-0.25, -0.2) is 9.48 Å². The fraction of sp³-hybridized carbons (Fsp3) is 0.120.